The molecule has 0 bridgehead atoms. The van der Waals surface area contributed by atoms with Crippen LogP contribution in [0.5, 0.6) is 5.75 Å². The Morgan fingerprint density at radius 1 is 0.680 bits per heavy atom. The summed E-state index contributed by atoms with van der Waals surface area (Å²) in [5, 5.41) is 4.04. The third kappa shape index (κ3) is 4.24. The molecule has 0 fully saturated rings. The van der Waals surface area contributed by atoms with Gasteiger partial charge in [-0.05, 0) is 50.2 Å². The van der Waals surface area contributed by atoms with Gasteiger partial charge in [-0.2, -0.15) is 0 Å². The zero-order valence-corrected chi connectivity index (χ0v) is 17.9. The van der Waals surface area contributed by atoms with E-state index >= 15 is 0 Å². The molecule has 0 atom stereocenters. The first kappa shape index (κ1) is 19.9. The van der Waals surface area contributed by atoms with Crippen LogP contribution >= 0.6 is 7.26 Å². The predicted molar refractivity (Wildman–Crippen MR) is 107 cm³/mol. The fourth-order valence-corrected chi connectivity index (χ4v) is 6.40. The third-order valence-electron chi connectivity index (χ3n) is 4.25. The molecule has 0 spiro atoms. The van der Waals surface area contributed by atoms with Crippen molar-refractivity contribution in [1.29, 1.82) is 0 Å². The van der Waals surface area contributed by atoms with Gasteiger partial charge in [0.1, 0.15) is 23.2 Å². The van der Waals surface area contributed by atoms with Crippen LogP contribution < -0.4 is 44.6 Å². The molecule has 25 heavy (non-hydrogen) atoms. The molecule has 0 saturated carbocycles. The molecule has 0 aliphatic heterocycles. The van der Waals surface area contributed by atoms with Gasteiger partial charge in [0.25, 0.3) is 0 Å². The van der Waals surface area contributed by atoms with E-state index in [0.717, 1.165) is 5.75 Å². The first-order chi connectivity index (χ1) is 11.6. The summed E-state index contributed by atoms with van der Waals surface area (Å²) in [5.74, 6) is 0.996. The molecular formula is C22H24IOP. The quantitative estimate of drug-likeness (QED) is 0.412. The number of ether oxygens (including phenoxy) is 1. The molecule has 1 nitrogen and oxygen atoms in total. The molecular weight excluding hydrogens is 438 g/mol. The average molecular weight is 462 g/mol. The van der Waals surface area contributed by atoms with Crippen molar-refractivity contribution in [3.63, 3.8) is 0 Å². The first-order valence-electron chi connectivity index (χ1n) is 8.36. The molecule has 0 saturated heterocycles. The maximum atomic E-state index is 6.16. The topological polar surface area (TPSA) is 9.23 Å². The van der Waals surface area contributed by atoms with Gasteiger partial charge < -0.3 is 28.7 Å². The van der Waals surface area contributed by atoms with Gasteiger partial charge in [0.15, 0.2) is 5.75 Å². The Balaban J connectivity index is 0.00000225. The first-order valence-corrected chi connectivity index (χ1v) is 10.6. The van der Waals surface area contributed by atoms with E-state index < -0.39 is 7.26 Å². The molecule has 0 heterocycles. The Hall–Kier alpha value is -1.38. The molecule has 3 heteroatoms. The summed E-state index contributed by atoms with van der Waals surface area (Å²) in [7, 11) is -1.75. The fraction of sp³-hybridized carbons (Fsp3) is 0.182. The fourth-order valence-electron chi connectivity index (χ4n) is 3.06. The number of hydrogen-bond donors (Lipinski definition) is 0. The minimum Gasteiger partial charge on any atom is -1.00 e. The SMILES string of the molecule is CC(C)Oc1ccccc1[P+](C)(c1ccccc1)c1ccccc1.[I-]. The van der Waals surface area contributed by atoms with Crippen molar-refractivity contribution >= 4 is 23.2 Å². The highest BCUT2D eigenvalue weighted by molar-refractivity contribution is 7.95. The summed E-state index contributed by atoms with van der Waals surface area (Å²) in [4.78, 5) is 0. The monoisotopic (exact) mass is 462 g/mol. The summed E-state index contributed by atoms with van der Waals surface area (Å²) in [5.41, 5.74) is 0. The lowest BCUT2D eigenvalue weighted by molar-refractivity contribution is -0.00000604. The molecule has 0 unspecified atom stereocenters. The summed E-state index contributed by atoms with van der Waals surface area (Å²) < 4.78 is 6.16. The van der Waals surface area contributed by atoms with E-state index in [9.17, 15) is 0 Å². The van der Waals surface area contributed by atoms with Gasteiger partial charge in [-0.15, -0.1) is 0 Å². The summed E-state index contributed by atoms with van der Waals surface area (Å²) in [6.07, 6.45) is 0.158. The lowest BCUT2D eigenvalue weighted by Crippen LogP contribution is -3.00. The Labute approximate surface area is 168 Å². The maximum Gasteiger partial charge on any atom is 0.162 e. The van der Waals surface area contributed by atoms with Gasteiger partial charge >= 0.3 is 0 Å². The molecule has 0 aliphatic carbocycles. The van der Waals surface area contributed by atoms with Crippen LogP contribution in [0.1, 0.15) is 13.8 Å². The van der Waals surface area contributed by atoms with Gasteiger partial charge in [0, 0.05) is 0 Å². The highest BCUT2D eigenvalue weighted by atomic mass is 127. The van der Waals surface area contributed by atoms with Crippen LogP contribution in [0, 0.1) is 0 Å². The number of para-hydroxylation sites is 1. The van der Waals surface area contributed by atoms with E-state index in [0.29, 0.717) is 0 Å². The van der Waals surface area contributed by atoms with Gasteiger partial charge in [0.2, 0.25) is 0 Å². The molecule has 3 rings (SSSR count). The van der Waals surface area contributed by atoms with E-state index in [1.54, 1.807) is 0 Å². The smallest absolute Gasteiger partial charge is 0.162 e. The minimum atomic E-state index is -1.75. The van der Waals surface area contributed by atoms with Crippen molar-refractivity contribution in [2.45, 2.75) is 20.0 Å². The average Bonchev–Trinajstić information content (AvgIpc) is 2.62. The summed E-state index contributed by atoms with van der Waals surface area (Å²) in [6, 6.07) is 30.1. The second kappa shape index (κ2) is 8.82. The molecule has 0 amide bonds. The minimum absolute atomic E-state index is 0. The molecule has 0 aromatic heterocycles. The lowest BCUT2D eigenvalue weighted by atomic mass is 10.3. The molecule has 0 radical (unpaired) electrons. The van der Waals surface area contributed by atoms with Gasteiger partial charge in [-0.1, -0.05) is 48.5 Å². The molecule has 3 aromatic carbocycles. The largest absolute Gasteiger partial charge is 1.00 e. The highest BCUT2D eigenvalue weighted by Crippen LogP contribution is 2.53. The standard InChI is InChI=1S/C22H24OP.HI/c1-18(2)23-21-16-10-11-17-22(21)24(3,19-12-6-4-7-13-19)20-14-8-5-9-15-20;/h4-18H,1-3H3;1H/q+1;/p-1. The maximum absolute atomic E-state index is 6.16. The second-order valence-corrected chi connectivity index (χ2v) is 9.84. The van der Waals surface area contributed by atoms with E-state index in [4.69, 9.17) is 4.74 Å². The van der Waals surface area contributed by atoms with Crippen molar-refractivity contribution in [3.8, 4) is 5.75 Å². The van der Waals surface area contributed by atoms with E-state index in [1.165, 1.54) is 15.9 Å². The van der Waals surface area contributed by atoms with Crippen molar-refractivity contribution in [2.75, 3.05) is 6.66 Å². The summed E-state index contributed by atoms with van der Waals surface area (Å²) in [6.45, 7) is 6.55. The van der Waals surface area contributed by atoms with Crippen LogP contribution in [0.4, 0.5) is 0 Å². The Morgan fingerprint density at radius 2 is 1.12 bits per heavy atom. The predicted octanol–water partition coefficient (Wildman–Crippen LogP) is 1.40. The van der Waals surface area contributed by atoms with Gasteiger partial charge in [-0.25, -0.2) is 0 Å². The van der Waals surface area contributed by atoms with E-state index in [1.807, 2.05) is 0 Å². The number of halogens is 1. The normalized spacial score (nSPS) is 11.0. The Bertz CT molecular complexity index is 748. The van der Waals surface area contributed by atoms with Crippen LogP contribution in [0.15, 0.2) is 84.9 Å². The number of benzene rings is 3. The van der Waals surface area contributed by atoms with E-state index in [2.05, 4.69) is 105 Å². The molecule has 130 valence electrons. The van der Waals surface area contributed by atoms with Crippen LogP contribution in [0.25, 0.3) is 0 Å². The van der Waals surface area contributed by atoms with Gasteiger partial charge in [-0.3, -0.25) is 0 Å². The number of rotatable bonds is 5. The van der Waals surface area contributed by atoms with E-state index in [-0.39, 0.29) is 30.1 Å². The molecule has 0 N–H and O–H groups in total. The Kier molecular flexibility index (Phi) is 7.04. The highest BCUT2D eigenvalue weighted by Gasteiger charge is 2.42. The van der Waals surface area contributed by atoms with Crippen molar-refractivity contribution in [2.24, 2.45) is 0 Å². The van der Waals surface area contributed by atoms with Crippen LogP contribution in [0.3, 0.4) is 0 Å². The van der Waals surface area contributed by atoms with Crippen molar-refractivity contribution in [1.82, 2.24) is 0 Å². The van der Waals surface area contributed by atoms with Gasteiger partial charge in [0.05, 0.1) is 12.8 Å². The molecule has 3 aromatic rings. The Morgan fingerprint density at radius 3 is 1.60 bits per heavy atom. The zero-order chi connectivity index (χ0) is 17.0. The lowest BCUT2D eigenvalue weighted by Gasteiger charge is -2.25. The van der Waals surface area contributed by atoms with Crippen molar-refractivity contribution < 1.29 is 28.7 Å². The molecule has 0 aliphatic rings. The van der Waals surface area contributed by atoms with Crippen LogP contribution in [-0.4, -0.2) is 12.8 Å². The summed E-state index contributed by atoms with van der Waals surface area (Å²) >= 11 is 0. The number of hydrogen-bond acceptors (Lipinski definition) is 1. The second-order valence-electron chi connectivity index (χ2n) is 6.31. The third-order valence-corrected chi connectivity index (χ3v) is 8.25. The zero-order valence-electron chi connectivity index (χ0n) is 14.9. The van der Waals surface area contributed by atoms with Crippen LogP contribution in [0.2, 0.25) is 0 Å². The van der Waals surface area contributed by atoms with Crippen molar-refractivity contribution in [3.05, 3.63) is 84.9 Å². The van der Waals surface area contributed by atoms with Crippen LogP contribution in [-0.2, 0) is 0 Å².